The molecular formula is C17H13N3O. The van der Waals surface area contributed by atoms with Crippen molar-refractivity contribution in [2.24, 2.45) is 0 Å². The number of nitriles is 1. The molecule has 0 radical (unpaired) electrons. The lowest BCUT2D eigenvalue weighted by atomic mass is 10.0. The second-order valence-corrected chi connectivity index (χ2v) is 4.81. The molecular weight excluding hydrogens is 262 g/mol. The fourth-order valence-corrected chi connectivity index (χ4v) is 2.34. The Morgan fingerprint density at radius 3 is 2.57 bits per heavy atom. The Kier molecular flexibility index (Phi) is 3.48. The maximum atomic E-state index is 12.4. The lowest BCUT2D eigenvalue weighted by molar-refractivity contribution is 0.619. The van der Waals surface area contributed by atoms with Gasteiger partial charge in [-0.2, -0.15) is 5.26 Å². The molecule has 1 heterocycles. The lowest BCUT2D eigenvalue weighted by Gasteiger charge is -2.11. The van der Waals surface area contributed by atoms with E-state index in [1.54, 1.807) is 12.1 Å². The zero-order valence-corrected chi connectivity index (χ0v) is 11.3. The molecule has 1 aromatic heterocycles. The van der Waals surface area contributed by atoms with Gasteiger partial charge in [0.1, 0.15) is 0 Å². The Labute approximate surface area is 121 Å². The highest BCUT2D eigenvalue weighted by Crippen LogP contribution is 2.16. The molecule has 0 spiro atoms. The van der Waals surface area contributed by atoms with Crippen LogP contribution in [0.3, 0.4) is 0 Å². The van der Waals surface area contributed by atoms with Crippen molar-refractivity contribution in [3.63, 3.8) is 0 Å². The third kappa shape index (κ3) is 2.54. The molecule has 0 aliphatic heterocycles. The number of para-hydroxylation sites is 1. The molecule has 4 heteroatoms. The minimum Gasteiger partial charge on any atom is -0.297 e. The van der Waals surface area contributed by atoms with E-state index in [1.165, 1.54) is 10.9 Å². The van der Waals surface area contributed by atoms with Gasteiger partial charge in [0.15, 0.2) is 0 Å². The number of hydrogen-bond acceptors (Lipinski definition) is 3. The first-order valence-corrected chi connectivity index (χ1v) is 6.68. The van der Waals surface area contributed by atoms with E-state index in [9.17, 15) is 10.1 Å². The van der Waals surface area contributed by atoms with E-state index < -0.39 is 0 Å². The van der Waals surface area contributed by atoms with Crippen LogP contribution in [-0.4, -0.2) is 9.55 Å². The van der Waals surface area contributed by atoms with Gasteiger partial charge >= 0.3 is 0 Å². The molecule has 0 fully saturated rings. The van der Waals surface area contributed by atoms with Gasteiger partial charge < -0.3 is 0 Å². The van der Waals surface area contributed by atoms with Crippen molar-refractivity contribution in [3.05, 3.63) is 76.8 Å². The quantitative estimate of drug-likeness (QED) is 0.738. The van der Waals surface area contributed by atoms with Gasteiger partial charge in [0, 0.05) is 6.54 Å². The summed E-state index contributed by atoms with van der Waals surface area (Å²) in [5.74, 6) is -0.369. The van der Waals surface area contributed by atoms with Crippen LogP contribution in [0.15, 0.2) is 65.7 Å². The van der Waals surface area contributed by atoms with Gasteiger partial charge in [-0.1, -0.05) is 42.5 Å². The zero-order chi connectivity index (χ0) is 14.7. The minimum absolute atomic E-state index is 0.114. The van der Waals surface area contributed by atoms with Crippen LogP contribution in [0, 0.1) is 11.3 Å². The van der Waals surface area contributed by atoms with E-state index >= 15 is 0 Å². The van der Waals surface area contributed by atoms with Crippen molar-refractivity contribution in [2.45, 2.75) is 12.5 Å². The fourth-order valence-electron chi connectivity index (χ4n) is 2.34. The van der Waals surface area contributed by atoms with E-state index in [0.717, 1.165) is 5.56 Å². The van der Waals surface area contributed by atoms with Gasteiger partial charge in [-0.15, -0.1) is 0 Å². The van der Waals surface area contributed by atoms with Crippen LogP contribution in [0.1, 0.15) is 11.5 Å². The predicted molar refractivity (Wildman–Crippen MR) is 80.8 cm³/mol. The molecule has 1 atom stereocenters. The summed E-state index contributed by atoms with van der Waals surface area (Å²) in [5, 5.41) is 9.93. The molecule has 3 aromatic rings. The smallest absolute Gasteiger partial charge is 0.261 e. The second-order valence-electron chi connectivity index (χ2n) is 4.81. The highest BCUT2D eigenvalue weighted by atomic mass is 16.1. The van der Waals surface area contributed by atoms with Gasteiger partial charge in [-0.3, -0.25) is 9.36 Å². The highest BCUT2D eigenvalue weighted by molar-refractivity contribution is 5.76. The minimum atomic E-state index is -0.369. The van der Waals surface area contributed by atoms with Gasteiger partial charge in [-0.25, -0.2) is 4.98 Å². The molecule has 3 rings (SSSR count). The first-order valence-electron chi connectivity index (χ1n) is 6.68. The SMILES string of the molecule is N#CC(Cn1cnc2ccccc2c1=O)c1ccccc1. The Morgan fingerprint density at radius 2 is 1.81 bits per heavy atom. The Hall–Kier alpha value is -2.93. The Morgan fingerprint density at radius 1 is 1.10 bits per heavy atom. The normalized spacial score (nSPS) is 12.0. The maximum Gasteiger partial charge on any atom is 0.261 e. The summed E-state index contributed by atoms with van der Waals surface area (Å²) in [6.45, 7) is 0.303. The van der Waals surface area contributed by atoms with Crippen molar-refractivity contribution >= 4 is 10.9 Å². The van der Waals surface area contributed by atoms with Crippen LogP contribution in [0.25, 0.3) is 10.9 Å². The van der Waals surface area contributed by atoms with Crippen LogP contribution in [0.2, 0.25) is 0 Å². The third-order valence-electron chi connectivity index (χ3n) is 3.47. The average Bonchev–Trinajstić information content (AvgIpc) is 2.55. The maximum absolute atomic E-state index is 12.4. The number of nitrogens with zero attached hydrogens (tertiary/aromatic N) is 3. The summed E-state index contributed by atoms with van der Waals surface area (Å²) in [7, 11) is 0. The molecule has 0 saturated heterocycles. The molecule has 0 N–H and O–H groups in total. The molecule has 102 valence electrons. The topological polar surface area (TPSA) is 58.7 Å². The first kappa shape index (κ1) is 13.1. The number of hydrogen-bond donors (Lipinski definition) is 0. The van der Waals surface area contributed by atoms with Gasteiger partial charge in [0.2, 0.25) is 0 Å². The van der Waals surface area contributed by atoms with E-state index in [-0.39, 0.29) is 11.5 Å². The van der Waals surface area contributed by atoms with E-state index in [1.807, 2.05) is 42.5 Å². The van der Waals surface area contributed by atoms with Crippen molar-refractivity contribution in [2.75, 3.05) is 0 Å². The molecule has 0 saturated carbocycles. The molecule has 21 heavy (non-hydrogen) atoms. The lowest BCUT2D eigenvalue weighted by Crippen LogP contribution is -2.23. The molecule has 0 amide bonds. The van der Waals surface area contributed by atoms with Crippen LogP contribution in [0.4, 0.5) is 0 Å². The summed E-state index contributed by atoms with van der Waals surface area (Å²) in [6.07, 6.45) is 1.51. The van der Waals surface area contributed by atoms with Crippen LogP contribution < -0.4 is 5.56 Å². The number of fused-ring (bicyclic) bond motifs is 1. The molecule has 0 aliphatic rings. The highest BCUT2D eigenvalue weighted by Gasteiger charge is 2.13. The summed E-state index contributed by atoms with van der Waals surface area (Å²) in [4.78, 5) is 16.7. The van der Waals surface area contributed by atoms with Gasteiger partial charge in [0.05, 0.1) is 29.2 Å². The second kappa shape index (κ2) is 5.59. The number of rotatable bonds is 3. The first-order chi connectivity index (χ1) is 10.3. The molecule has 0 bridgehead atoms. The standard InChI is InChI=1S/C17H13N3O/c18-10-14(13-6-2-1-3-7-13)11-20-12-19-16-9-5-4-8-15(16)17(20)21/h1-9,12,14H,11H2. The van der Waals surface area contributed by atoms with Crippen molar-refractivity contribution < 1.29 is 0 Å². The van der Waals surface area contributed by atoms with E-state index in [2.05, 4.69) is 11.1 Å². The third-order valence-corrected chi connectivity index (χ3v) is 3.47. The Bertz CT molecular complexity index is 862. The summed E-state index contributed by atoms with van der Waals surface area (Å²) in [5.41, 5.74) is 1.46. The molecule has 1 unspecified atom stereocenters. The molecule has 0 aliphatic carbocycles. The van der Waals surface area contributed by atoms with Crippen LogP contribution in [-0.2, 0) is 6.54 Å². The molecule has 4 nitrogen and oxygen atoms in total. The fraction of sp³-hybridized carbons (Fsp3) is 0.118. The van der Waals surface area contributed by atoms with Crippen LogP contribution in [0.5, 0.6) is 0 Å². The summed E-state index contributed by atoms with van der Waals surface area (Å²) >= 11 is 0. The zero-order valence-electron chi connectivity index (χ0n) is 11.3. The number of benzene rings is 2. The van der Waals surface area contributed by atoms with Gasteiger partial charge in [0.25, 0.3) is 5.56 Å². The summed E-state index contributed by atoms with van der Waals surface area (Å²) < 4.78 is 1.50. The molecule has 2 aromatic carbocycles. The van der Waals surface area contributed by atoms with E-state index in [4.69, 9.17) is 0 Å². The van der Waals surface area contributed by atoms with Crippen molar-refractivity contribution in [1.29, 1.82) is 5.26 Å². The van der Waals surface area contributed by atoms with E-state index in [0.29, 0.717) is 17.4 Å². The number of aromatic nitrogens is 2. The van der Waals surface area contributed by atoms with Gasteiger partial charge in [-0.05, 0) is 17.7 Å². The monoisotopic (exact) mass is 275 g/mol. The average molecular weight is 275 g/mol. The Balaban J connectivity index is 2.00. The van der Waals surface area contributed by atoms with Crippen molar-refractivity contribution in [1.82, 2.24) is 9.55 Å². The van der Waals surface area contributed by atoms with Crippen LogP contribution >= 0.6 is 0 Å². The summed E-state index contributed by atoms with van der Waals surface area (Å²) in [6, 6.07) is 19.0. The predicted octanol–water partition coefficient (Wildman–Crippen LogP) is 2.70. The van der Waals surface area contributed by atoms with Crippen molar-refractivity contribution in [3.8, 4) is 6.07 Å². The largest absolute Gasteiger partial charge is 0.297 e.